The number of ether oxygens (including phenoxy) is 2. The lowest BCUT2D eigenvalue weighted by atomic mass is 10.1. The van der Waals surface area contributed by atoms with Gasteiger partial charge < -0.3 is 20.2 Å². The Morgan fingerprint density at radius 2 is 1.96 bits per heavy atom. The number of aromatic nitrogens is 3. The van der Waals surface area contributed by atoms with E-state index in [4.69, 9.17) is 15.2 Å². The zero-order chi connectivity index (χ0) is 19.1. The van der Waals surface area contributed by atoms with E-state index >= 15 is 0 Å². The van der Waals surface area contributed by atoms with Crippen LogP contribution in [0.15, 0.2) is 54.9 Å². The highest BCUT2D eigenvalue weighted by molar-refractivity contribution is 5.68. The summed E-state index contributed by atoms with van der Waals surface area (Å²) in [6.07, 6.45) is 8.24. The molecule has 0 saturated heterocycles. The van der Waals surface area contributed by atoms with Crippen LogP contribution in [0.4, 0.5) is 5.82 Å². The number of nitrogens with two attached hydrogens (primary N) is 1. The van der Waals surface area contributed by atoms with Gasteiger partial charge in [0.15, 0.2) is 0 Å². The quantitative estimate of drug-likeness (QED) is 0.586. The topological polar surface area (TPSA) is 86.0 Å². The number of anilines is 1. The van der Waals surface area contributed by atoms with Crippen molar-refractivity contribution in [3.05, 3.63) is 66.1 Å². The van der Waals surface area contributed by atoms with Gasteiger partial charge in [-0.15, -0.1) is 0 Å². The summed E-state index contributed by atoms with van der Waals surface area (Å²) in [6.45, 7) is 4.94. The molecular weight excluding hydrogens is 340 g/mol. The van der Waals surface area contributed by atoms with Crippen LogP contribution in [0.5, 0.6) is 11.5 Å². The van der Waals surface area contributed by atoms with Crippen LogP contribution in [-0.4, -0.2) is 21.6 Å². The zero-order valence-electron chi connectivity index (χ0n) is 15.6. The molecule has 6 nitrogen and oxygen atoms in total. The first-order valence-corrected chi connectivity index (χ1v) is 8.95. The van der Waals surface area contributed by atoms with Gasteiger partial charge in [0.1, 0.15) is 29.7 Å². The first kappa shape index (κ1) is 18.5. The Hall–Kier alpha value is -3.28. The van der Waals surface area contributed by atoms with Gasteiger partial charge in [-0.05, 0) is 43.7 Å². The minimum absolute atomic E-state index is 0.467. The normalized spacial score (nSPS) is 11.0. The van der Waals surface area contributed by atoms with Crippen LogP contribution in [-0.2, 0) is 13.0 Å². The van der Waals surface area contributed by atoms with E-state index in [-0.39, 0.29) is 0 Å². The number of nitrogen functional groups attached to an aromatic ring is 1. The maximum atomic E-state index is 6.04. The molecule has 0 atom stereocenters. The fourth-order valence-corrected chi connectivity index (χ4v) is 2.65. The monoisotopic (exact) mass is 364 g/mol. The Kier molecular flexibility index (Phi) is 6.10. The largest absolute Gasteiger partial charge is 0.493 e. The number of rotatable bonds is 8. The highest BCUT2D eigenvalue weighted by Crippen LogP contribution is 2.33. The maximum absolute atomic E-state index is 6.04. The van der Waals surface area contributed by atoms with Gasteiger partial charge in [-0.25, -0.2) is 4.98 Å². The van der Waals surface area contributed by atoms with Crippen molar-refractivity contribution < 1.29 is 9.47 Å². The molecule has 0 fully saturated rings. The number of imidazole rings is 1. The van der Waals surface area contributed by atoms with Crippen molar-refractivity contribution >= 4 is 5.82 Å². The molecule has 0 unspecified atom stereocenters. The molecule has 0 radical (unpaired) electrons. The second-order valence-corrected chi connectivity index (χ2v) is 5.96. The highest BCUT2D eigenvalue weighted by Gasteiger charge is 2.14. The van der Waals surface area contributed by atoms with Crippen LogP contribution in [0.1, 0.15) is 25.1 Å². The minimum atomic E-state index is 0.467. The molecule has 3 aromatic rings. The van der Waals surface area contributed by atoms with E-state index in [1.807, 2.05) is 56.3 Å². The van der Waals surface area contributed by atoms with E-state index in [1.165, 1.54) is 0 Å². The van der Waals surface area contributed by atoms with Crippen LogP contribution in [0.3, 0.4) is 0 Å². The lowest BCUT2D eigenvalue weighted by Crippen LogP contribution is -1.99. The molecule has 2 heterocycles. The second-order valence-electron chi connectivity index (χ2n) is 5.96. The summed E-state index contributed by atoms with van der Waals surface area (Å²) >= 11 is 0. The van der Waals surface area contributed by atoms with Crippen molar-refractivity contribution in [2.45, 2.75) is 26.9 Å². The van der Waals surface area contributed by atoms with Crippen molar-refractivity contribution in [2.75, 3.05) is 12.3 Å². The Morgan fingerprint density at radius 3 is 2.70 bits per heavy atom. The maximum Gasteiger partial charge on any atom is 0.145 e. The summed E-state index contributed by atoms with van der Waals surface area (Å²) < 4.78 is 11.7. The average Bonchev–Trinajstić information content (AvgIpc) is 3.06. The van der Waals surface area contributed by atoms with Crippen molar-refractivity contribution in [1.29, 1.82) is 0 Å². The van der Waals surface area contributed by atoms with E-state index in [2.05, 4.69) is 15.0 Å². The number of aromatic amines is 1. The average molecular weight is 364 g/mol. The smallest absolute Gasteiger partial charge is 0.145 e. The number of hydrogen-bond donors (Lipinski definition) is 2. The van der Waals surface area contributed by atoms with Crippen molar-refractivity contribution in [3.8, 4) is 22.9 Å². The second kappa shape index (κ2) is 8.89. The fraction of sp³-hybridized carbons (Fsp3) is 0.238. The summed E-state index contributed by atoms with van der Waals surface area (Å²) in [7, 11) is 0. The molecule has 0 saturated carbocycles. The summed E-state index contributed by atoms with van der Waals surface area (Å²) in [5.41, 5.74) is 8.84. The lowest BCUT2D eigenvalue weighted by molar-refractivity contribution is 0.300. The first-order valence-electron chi connectivity index (χ1n) is 8.95. The fourth-order valence-electron chi connectivity index (χ4n) is 2.65. The van der Waals surface area contributed by atoms with Gasteiger partial charge in [-0.2, -0.15) is 0 Å². The van der Waals surface area contributed by atoms with Gasteiger partial charge in [0.25, 0.3) is 0 Å². The van der Waals surface area contributed by atoms with Gasteiger partial charge in [0.2, 0.25) is 0 Å². The number of pyridine rings is 1. The van der Waals surface area contributed by atoms with E-state index in [0.29, 0.717) is 37.0 Å². The molecule has 27 heavy (non-hydrogen) atoms. The Labute approximate surface area is 159 Å². The third-order valence-corrected chi connectivity index (χ3v) is 4.03. The molecule has 0 spiro atoms. The van der Waals surface area contributed by atoms with Crippen molar-refractivity contribution in [2.24, 2.45) is 0 Å². The number of hydrogen-bond acceptors (Lipinski definition) is 5. The third kappa shape index (κ3) is 4.67. The third-order valence-electron chi connectivity index (χ3n) is 4.03. The summed E-state index contributed by atoms with van der Waals surface area (Å²) in [5.74, 6) is 2.63. The Morgan fingerprint density at radius 1 is 1.15 bits per heavy atom. The summed E-state index contributed by atoms with van der Waals surface area (Å²) in [4.78, 5) is 11.8. The van der Waals surface area contributed by atoms with Gasteiger partial charge in [-0.1, -0.05) is 12.2 Å². The molecule has 0 aliphatic heterocycles. The SMILES string of the molecule is C/C=C\Cc1[nH]c(-c2ccc(OCc3ccncc3)cc2OCC)nc1N. The van der Waals surface area contributed by atoms with E-state index < -0.39 is 0 Å². The van der Waals surface area contributed by atoms with Crippen LogP contribution in [0.25, 0.3) is 11.4 Å². The van der Waals surface area contributed by atoms with Crippen LogP contribution < -0.4 is 15.2 Å². The van der Waals surface area contributed by atoms with Crippen molar-refractivity contribution in [1.82, 2.24) is 15.0 Å². The van der Waals surface area contributed by atoms with Gasteiger partial charge >= 0.3 is 0 Å². The molecule has 2 aromatic heterocycles. The number of benzene rings is 1. The molecule has 1 aromatic carbocycles. The Bertz CT molecular complexity index is 904. The molecule has 0 aliphatic carbocycles. The number of nitrogens with one attached hydrogen (secondary N) is 1. The predicted octanol–water partition coefficient (Wildman–Crippen LogP) is 4.15. The van der Waals surface area contributed by atoms with Crippen LogP contribution >= 0.6 is 0 Å². The zero-order valence-corrected chi connectivity index (χ0v) is 15.6. The number of nitrogens with zero attached hydrogens (tertiary/aromatic N) is 2. The van der Waals surface area contributed by atoms with Gasteiger partial charge in [0, 0.05) is 24.9 Å². The molecule has 3 N–H and O–H groups in total. The molecule has 0 aliphatic rings. The Balaban J connectivity index is 1.83. The molecule has 0 bridgehead atoms. The molecule has 0 amide bonds. The van der Waals surface area contributed by atoms with E-state index in [1.54, 1.807) is 12.4 Å². The van der Waals surface area contributed by atoms with E-state index in [0.717, 1.165) is 22.6 Å². The standard InChI is InChI=1S/C21H24N4O2/c1-3-5-6-18-20(22)25-21(24-18)17-8-7-16(13-19(17)26-4-2)27-14-15-9-11-23-12-10-15/h3,5,7-13H,4,6,14,22H2,1-2H3,(H,24,25)/b5-3-. The van der Waals surface area contributed by atoms with Gasteiger partial charge in [0.05, 0.1) is 17.9 Å². The number of allylic oxidation sites excluding steroid dienone is 2. The molecule has 3 rings (SSSR count). The summed E-state index contributed by atoms with van der Waals surface area (Å²) in [6, 6.07) is 9.57. The van der Waals surface area contributed by atoms with E-state index in [9.17, 15) is 0 Å². The lowest BCUT2D eigenvalue weighted by Gasteiger charge is -2.12. The minimum Gasteiger partial charge on any atom is -0.493 e. The molecule has 6 heteroatoms. The molecular formula is C21H24N4O2. The van der Waals surface area contributed by atoms with Crippen LogP contribution in [0.2, 0.25) is 0 Å². The van der Waals surface area contributed by atoms with Crippen molar-refractivity contribution in [3.63, 3.8) is 0 Å². The molecule has 140 valence electrons. The first-order chi connectivity index (χ1) is 13.2. The highest BCUT2D eigenvalue weighted by atomic mass is 16.5. The number of H-pyrrole nitrogens is 1. The van der Waals surface area contributed by atoms with Gasteiger partial charge in [-0.3, -0.25) is 4.98 Å². The predicted molar refractivity (Wildman–Crippen MR) is 107 cm³/mol. The van der Waals surface area contributed by atoms with Crippen LogP contribution in [0, 0.1) is 0 Å². The summed E-state index contributed by atoms with van der Waals surface area (Å²) in [5, 5.41) is 0.